The Balaban J connectivity index is 1.88. The lowest BCUT2D eigenvalue weighted by molar-refractivity contribution is 0.288. The molecule has 1 fully saturated rings. The largest absolute Gasteiger partial charge is 0.355 e. The van der Waals surface area contributed by atoms with Crippen LogP contribution in [-0.4, -0.2) is 49.2 Å². The molecule has 1 aliphatic heterocycles. The molecule has 0 radical (unpaired) electrons. The van der Waals surface area contributed by atoms with Gasteiger partial charge in [-0.2, -0.15) is 0 Å². The van der Waals surface area contributed by atoms with Crippen LogP contribution in [0, 0.1) is 6.92 Å². The monoisotopic (exact) mass is 262 g/mol. The molecule has 2 rings (SSSR count). The Kier molecular flexibility index (Phi) is 5.61. The summed E-state index contributed by atoms with van der Waals surface area (Å²) >= 11 is 0. The van der Waals surface area contributed by atoms with Crippen molar-refractivity contribution in [2.24, 2.45) is 5.73 Å². The fraction of sp³-hybridized carbons (Fsp3) is 0.667. The molecule has 4 heteroatoms. The van der Waals surface area contributed by atoms with E-state index in [1.54, 1.807) is 0 Å². The van der Waals surface area contributed by atoms with Crippen LogP contribution in [0.15, 0.2) is 18.3 Å². The second-order valence-electron chi connectivity index (χ2n) is 5.32. The van der Waals surface area contributed by atoms with Crippen LogP contribution in [0.1, 0.15) is 24.8 Å². The number of rotatable bonds is 5. The first-order valence-corrected chi connectivity index (χ1v) is 7.40. The van der Waals surface area contributed by atoms with Crippen molar-refractivity contribution in [1.29, 1.82) is 0 Å². The van der Waals surface area contributed by atoms with Crippen molar-refractivity contribution >= 4 is 5.82 Å². The number of nitrogens with two attached hydrogens (primary N) is 1. The van der Waals surface area contributed by atoms with Crippen LogP contribution in [-0.2, 0) is 0 Å². The molecule has 1 aliphatic rings. The summed E-state index contributed by atoms with van der Waals surface area (Å²) in [4.78, 5) is 9.53. The standard InChI is InChI=1S/C15H26N4/c1-14-6-4-8-17-15(14)19-11-5-10-18(12-13-19)9-3-2-7-16/h4,6,8H,2-3,5,7,9-13,16H2,1H3. The first-order chi connectivity index (χ1) is 9.31. The third-order valence-electron chi connectivity index (χ3n) is 3.80. The Morgan fingerprint density at radius 3 is 2.89 bits per heavy atom. The smallest absolute Gasteiger partial charge is 0.131 e. The van der Waals surface area contributed by atoms with E-state index in [9.17, 15) is 0 Å². The Hall–Kier alpha value is -1.13. The normalized spacial score (nSPS) is 17.5. The third kappa shape index (κ3) is 4.18. The molecule has 0 aromatic carbocycles. The van der Waals surface area contributed by atoms with Gasteiger partial charge in [0.15, 0.2) is 0 Å². The third-order valence-corrected chi connectivity index (χ3v) is 3.80. The maximum atomic E-state index is 5.55. The van der Waals surface area contributed by atoms with E-state index in [0.29, 0.717) is 0 Å². The van der Waals surface area contributed by atoms with Gasteiger partial charge >= 0.3 is 0 Å². The van der Waals surface area contributed by atoms with Crippen LogP contribution in [0.25, 0.3) is 0 Å². The highest BCUT2D eigenvalue weighted by Gasteiger charge is 2.16. The van der Waals surface area contributed by atoms with Gasteiger partial charge in [-0.25, -0.2) is 4.98 Å². The molecular weight excluding hydrogens is 236 g/mol. The first kappa shape index (κ1) is 14.3. The summed E-state index contributed by atoms with van der Waals surface area (Å²) in [6.07, 6.45) is 5.48. The van der Waals surface area contributed by atoms with Gasteiger partial charge in [0.05, 0.1) is 0 Å². The summed E-state index contributed by atoms with van der Waals surface area (Å²) in [5.74, 6) is 1.16. The average Bonchev–Trinajstić information content (AvgIpc) is 2.65. The van der Waals surface area contributed by atoms with Gasteiger partial charge in [0.2, 0.25) is 0 Å². The molecule has 1 saturated heterocycles. The summed E-state index contributed by atoms with van der Waals surface area (Å²) in [7, 11) is 0. The first-order valence-electron chi connectivity index (χ1n) is 7.40. The molecule has 0 amide bonds. The van der Waals surface area contributed by atoms with Gasteiger partial charge in [-0.15, -0.1) is 0 Å². The number of nitrogens with zero attached hydrogens (tertiary/aromatic N) is 3. The molecule has 4 nitrogen and oxygen atoms in total. The Labute approximate surface area is 116 Å². The zero-order valence-electron chi connectivity index (χ0n) is 12.0. The maximum absolute atomic E-state index is 5.55. The van der Waals surface area contributed by atoms with E-state index in [2.05, 4.69) is 27.8 Å². The van der Waals surface area contributed by atoms with Crippen molar-refractivity contribution in [2.75, 3.05) is 44.2 Å². The van der Waals surface area contributed by atoms with Crippen molar-refractivity contribution in [1.82, 2.24) is 9.88 Å². The van der Waals surface area contributed by atoms with E-state index in [-0.39, 0.29) is 0 Å². The molecule has 2 N–H and O–H groups in total. The zero-order chi connectivity index (χ0) is 13.5. The van der Waals surface area contributed by atoms with Crippen LogP contribution in [0.4, 0.5) is 5.82 Å². The molecule has 2 heterocycles. The van der Waals surface area contributed by atoms with Crippen LogP contribution < -0.4 is 10.6 Å². The van der Waals surface area contributed by atoms with Crippen LogP contribution in [0.3, 0.4) is 0 Å². The highest BCUT2D eigenvalue weighted by atomic mass is 15.2. The average molecular weight is 262 g/mol. The lowest BCUT2D eigenvalue weighted by Gasteiger charge is -2.24. The number of hydrogen-bond acceptors (Lipinski definition) is 4. The van der Waals surface area contributed by atoms with Crippen molar-refractivity contribution in [3.8, 4) is 0 Å². The molecule has 0 bridgehead atoms. The second kappa shape index (κ2) is 7.46. The van der Waals surface area contributed by atoms with E-state index in [0.717, 1.165) is 38.4 Å². The maximum Gasteiger partial charge on any atom is 0.131 e. The summed E-state index contributed by atoms with van der Waals surface area (Å²) in [6, 6.07) is 4.15. The number of pyridine rings is 1. The van der Waals surface area contributed by atoms with Crippen molar-refractivity contribution in [2.45, 2.75) is 26.2 Å². The molecule has 0 spiro atoms. The highest BCUT2D eigenvalue weighted by Crippen LogP contribution is 2.17. The van der Waals surface area contributed by atoms with E-state index >= 15 is 0 Å². The second-order valence-corrected chi connectivity index (χ2v) is 5.32. The Bertz CT molecular complexity index is 380. The zero-order valence-corrected chi connectivity index (χ0v) is 12.0. The number of unbranched alkanes of at least 4 members (excludes halogenated alkanes) is 1. The predicted molar refractivity (Wildman–Crippen MR) is 80.5 cm³/mol. The van der Waals surface area contributed by atoms with Gasteiger partial charge < -0.3 is 15.5 Å². The fourth-order valence-electron chi connectivity index (χ4n) is 2.69. The van der Waals surface area contributed by atoms with Crippen molar-refractivity contribution in [3.63, 3.8) is 0 Å². The Morgan fingerprint density at radius 2 is 2.11 bits per heavy atom. The summed E-state index contributed by atoms with van der Waals surface area (Å²) in [5.41, 5.74) is 6.83. The van der Waals surface area contributed by atoms with Gasteiger partial charge in [0, 0.05) is 25.8 Å². The van der Waals surface area contributed by atoms with E-state index in [4.69, 9.17) is 5.73 Å². The van der Waals surface area contributed by atoms with Gasteiger partial charge in [0.25, 0.3) is 0 Å². The number of anilines is 1. The number of aryl methyl sites for hydroxylation is 1. The Morgan fingerprint density at radius 1 is 1.21 bits per heavy atom. The topological polar surface area (TPSA) is 45.4 Å². The molecule has 0 aliphatic carbocycles. The minimum Gasteiger partial charge on any atom is -0.355 e. The minimum atomic E-state index is 0.813. The van der Waals surface area contributed by atoms with Gasteiger partial charge in [-0.3, -0.25) is 0 Å². The SMILES string of the molecule is Cc1cccnc1N1CCCN(CCCCN)CC1. The molecule has 106 valence electrons. The number of hydrogen-bond donors (Lipinski definition) is 1. The van der Waals surface area contributed by atoms with E-state index < -0.39 is 0 Å². The van der Waals surface area contributed by atoms with Crippen LogP contribution in [0.2, 0.25) is 0 Å². The molecule has 1 aromatic rings. The molecule has 0 saturated carbocycles. The summed E-state index contributed by atoms with van der Waals surface area (Å²) < 4.78 is 0. The van der Waals surface area contributed by atoms with Crippen LogP contribution >= 0.6 is 0 Å². The van der Waals surface area contributed by atoms with E-state index in [1.807, 2.05) is 12.3 Å². The quantitative estimate of drug-likeness (QED) is 0.820. The lowest BCUT2D eigenvalue weighted by Crippen LogP contribution is -2.32. The summed E-state index contributed by atoms with van der Waals surface area (Å²) in [5, 5.41) is 0. The van der Waals surface area contributed by atoms with Gasteiger partial charge in [-0.05, 0) is 57.5 Å². The minimum absolute atomic E-state index is 0.813. The molecule has 0 atom stereocenters. The van der Waals surface area contributed by atoms with E-state index in [1.165, 1.54) is 31.5 Å². The molecule has 0 unspecified atom stereocenters. The fourth-order valence-corrected chi connectivity index (χ4v) is 2.69. The van der Waals surface area contributed by atoms with Crippen molar-refractivity contribution in [3.05, 3.63) is 23.9 Å². The lowest BCUT2D eigenvalue weighted by atomic mass is 10.2. The van der Waals surface area contributed by atoms with Gasteiger partial charge in [-0.1, -0.05) is 6.07 Å². The van der Waals surface area contributed by atoms with Crippen molar-refractivity contribution < 1.29 is 0 Å². The predicted octanol–water partition coefficient (Wildman–Crippen LogP) is 1.64. The molecule has 1 aromatic heterocycles. The van der Waals surface area contributed by atoms with Crippen LogP contribution in [0.5, 0.6) is 0 Å². The highest BCUT2D eigenvalue weighted by molar-refractivity contribution is 5.45. The number of aromatic nitrogens is 1. The molecular formula is C15H26N4. The van der Waals surface area contributed by atoms with Gasteiger partial charge in [0.1, 0.15) is 5.82 Å². The molecule has 19 heavy (non-hydrogen) atoms. The summed E-state index contributed by atoms with van der Waals surface area (Å²) in [6.45, 7) is 8.69.